The first-order chi connectivity index (χ1) is 16.2. The molecule has 1 atom stereocenters. The van der Waals surface area contributed by atoms with Crippen LogP contribution in [0.15, 0.2) is 73.1 Å². The maximum absolute atomic E-state index is 13.0. The minimum Gasteiger partial charge on any atom is -0.490 e. The van der Waals surface area contributed by atoms with Crippen LogP contribution in [0, 0.1) is 0 Å². The summed E-state index contributed by atoms with van der Waals surface area (Å²) < 4.78 is 11.7. The standard InChI is InChI=1S/C27H33N3O3/c1-4-30(5-2)24(22-10-8-7-9-11-22)19-29-27(31)23-12-13-25(26(18-23)32-6-3)33-20-21-14-16-28-17-15-21/h7-18,24H,4-6,19-20H2,1-3H3,(H,29,31). The maximum Gasteiger partial charge on any atom is 0.251 e. The summed E-state index contributed by atoms with van der Waals surface area (Å²) in [6, 6.07) is 19.5. The Bertz CT molecular complexity index is 992. The highest BCUT2D eigenvalue weighted by Crippen LogP contribution is 2.29. The summed E-state index contributed by atoms with van der Waals surface area (Å²) in [5.41, 5.74) is 2.75. The summed E-state index contributed by atoms with van der Waals surface area (Å²) in [4.78, 5) is 19.4. The van der Waals surface area contributed by atoms with E-state index in [0.717, 1.165) is 18.7 Å². The van der Waals surface area contributed by atoms with E-state index >= 15 is 0 Å². The number of carbonyl (C=O) groups is 1. The fourth-order valence-corrected chi connectivity index (χ4v) is 3.77. The van der Waals surface area contributed by atoms with Gasteiger partial charge >= 0.3 is 0 Å². The monoisotopic (exact) mass is 447 g/mol. The van der Waals surface area contributed by atoms with Gasteiger partial charge in [-0.05, 0) is 61.5 Å². The van der Waals surface area contributed by atoms with E-state index in [9.17, 15) is 4.79 Å². The molecule has 0 aliphatic heterocycles. The summed E-state index contributed by atoms with van der Waals surface area (Å²) in [6.07, 6.45) is 3.47. The number of rotatable bonds is 12. The normalized spacial score (nSPS) is 11.8. The van der Waals surface area contributed by atoms with Crippen molar-refractivity contribution >= 4 is 5.91 Å². The first-order valence-corrected chi connectivity index (χ1v) is 11.5. The number of nitrogens with zero attached hydrogens (tertiary/aromatic N) is 2. The van der Waals surface area contributed by atoms with Crippen molar-refractivity contribution in [1.82, 2.24) is 15.2 Å². The molecule has 0 fully saturated rings. The number of hydrogen-bond acceptors (Lipinski definition) is 5. The van der Waals surface area contributed by atoms with Gasteiger partial charge in [0, 0.05) is 24.5 Å². The van der Waals surface area contributed by atoms with Crippen LogP contribution in [0.4, 0.5) is 0 Å². The zero-order chi connectivity index (χ0) is 23.5. The number of pyridine rings is 1. The Labute approximate surface area is 196 Å². The minimum absolute atomic E-state index is 0.111. The van der Waals surface area contributed by atoms with Gasteiger partial charge in [-0.2, -0.15) is 0 Å². The number of amides is 1. The first kappa shape index (κ1) is 24.3. The number of carbonyl (C=O) groups excluding carboxylic acids is 1. The van der Waals surface area contributed by atoms with Crippen molar-refractivity contribution in [3.8, 4) is 11.5 Å². The molecule has 3 rings (SSSR count). The van der Waals surface area contributed by atoms with Crippen LogP contribution in [-0.4, -0.2) is 42.0 Å². The van der Waals surface area contributed by atoms with Gasteiger partial charge in [0.05, 0.1) is 12.6 Å². The first-order valence-electron chi connectivity index (χ1n) is 11.5. The average molecular weight is 448 g/mol. The lowest BCUT2D eigenvalue weighted by Crippen LogP contribution is -2.38. The maximum atomic E-state index is 13.0. The molecule has 0 radical (unpaired) electrons. The Kier molecular flexibility index (Phi) is 9.27. The minimum atomic E-state index is -0.135. The van der Waals surface area contributed by atoms with Gasteiger partial charge < -0.3 is 14.8 Å². The fourth-order valence-electron chi connectivity index (χ4n) is 3.77. The van der Waals surface area contributed by atoms with E-state index in [1.54, 1.807) is 30.6 Å². The van der Waals surface area contributed by atoms with Gasteiger partial charge in [-0.3, -0.25) is 14.7 Å². The summed E-state index contributed by atoms with van der Waals surface area (Å²) >= 11 is 0. The Morgan fingerprint density at radius 3 is 2.33 bits per heavy atom. The molecule has 6 heteroatoms. The predicted octanol–water partition coefficient (Wildman–Crippen LogP) is 4.87. The number of benzene rings is 2. The largest absolute Gasteiger partial charge is 0.490 e. The third-order valence-electron chi connectivity index (χ3n) is 5.54. The van der Waals surface area contributed by atoms with Crippen LogP contribution >= 0.6 is 0 Å². The Balaban J connectivity index is 1.70. The molecule has 0 spiro atoms. The smallest absolute Gasteiger partial charge is 0.251 e. The van der Waals surface area contributed by atoms with E-state index in [1.165, 1.54) is 5.56 Å². The molecule has 0 bridgehead atoms. The van der Waals surface area contributed by atoms with E-state index < -0.39 is 0 Å². The van der Waals surface area contributed by atoms with Crippen LogP contribution in [0.25, 0.3) is 0 Å². The van der Waals surface area contributed by atoms with Crippen molar-refractivity contribution in [3.63, 3.8) is 0 Å². The van der Waals surface area contributed by atoms with Crippen LogP contribution in [0.1, 0.15) is 48.3 Å². The van der Waals surface area contributed by atoms with Gasteiger partial charge in [0.15, 0.2) is 11.5 Å². The lowest BCUT2D eigenvalue weighted by Gasteiger charge is -2.30. The van der Waals surface area contributed by atoms with Gasteiger partial charge in [-0.15, -0.1) is 0 Å². The van der Waals surface area contributed by atoms with Crippen molar-refractivity contribution in [1.29, 1.82) is 0 Å². The Hall–Kier alpha value is -3.38. The molecule has 0 aliphatic rings. The number of hydrogen-bond donors (Lipinski definition) is 1. The molecule has 1 amide bonds. The molecule has 33 heavy (non-hydrogen) atoms. The second-order valence-corrected chi connectivity index (χ2v) is 7.60. The van der Waals surface area contributed by atoms with Crippen molar-refractivity contribution in [2.75, 3.05) is 26.2 Å². The molecule has 1 aromatic heterocycles. The average Bonchev–Trinajstić information content (AvgIpc) is 2.87. The van der Waals surface area contributed by atoms with E-state index in [0.29, 0.717) is 36.8 Å². The predicted molar refractivity (Wildman–Crippen MR) is 131 cm³/mol. The Morgan fingerprint density at radius 1 is 0.939 bits per heavy atom. The highest BCUT2D eigenvalue weighted by Gasteiger charge is 2.19. The van der Waals surface area contributed by atoms with Crippen LogP contribution in [0.2, 0.25) is 0 Å². The van der Waals surface area contributed by atoms with Gasteiger partial charge in [-0.25, -0.2) is 0 Å². The van der Waals surface area contributed by atoms with Gasteiger partial charge in [0.2, 0.25) is 0 Å². The summed E-state index contributed by atoms with van der Waals surface area (Å²) in [5.74, 6) is 1.03. The summed E-state index contributed by atoms with van der Waals surface area (Å²) in [7, 11) is 0. The molecule has 1 heterocycles. The molecular formula is C27H33N3O3. The quantitative estimate of drug-likeness (QED) is 0.429. The van der Waals surface area contributed by atoms with Gasteiger partial charge in [0.1, 0.15) is 6.61 Å². The summed E-state index contributed by atoms with van der Waals surface area (Å²) in [6.45, 7) is 9.41. The topological polar surface area (TPSA) is 63.7 Å². The van der Waals surface area contributed by atoms with Crippen LogP contribution in [0.3, 0.4) is 0 Å². The molecule has 2 aromatic carbocycles. The molecular weight excluding hydrogens is 414 g/mol. The third-order valence-corrected chi connectivity index (χ3v) is 5.54. The SMILES string of the molecule is CCOc1cc(C(=O)NCC(c2ccccc2)N(CC)CC)ccc1OCc1ccncc1. The van der Waals surface area contributed by atoms with Crippen molar-refractivity contribution < 1.29 is 14.3 Å². The zero-order valence-corrected chi connectivity index (χ0v) is 19.7. The molecule has 0 saturated heterocycles. The second kappa shape index (κ2) is 12.6. The van der Waals surface area contributed by atoms with Crippen molar-refractivity contribution in [2.45, 2.75) is 33.4 Å². The molecule has 0 aliphatic carbocycles. The molecule has 174 valence electrons. The molecule has 6 nitrogen and oxygen atoms in total. The fraction of sp³-hybridized carbons (Fsp3) is 0.333. The highest BCUT2D eigenvalue weighted by atomic mass is 16.5. The highest BCUT2D eigenvalue weighted by molar-refractivity contribution is 5.94. The van der Waals surface area contributed by atoms with Gasteiger partial charge in [-0.1, -0.05) is 44.2 Å². The second-order valence-electron chi connectivity index (χ2n) is 7.60. The molecule has 0 saturated carbocycles. The van der Waals surface area contributed by atoms with E-state index in [2.05, 4.69) is 41.2 Å². The lowest BCUT2D eigenvalue weighted by atomic mass is 10.0. The Morgan fingerprint density at radius 2 is 1.67 bits per heavy atom. The van der Waals surface area contributed by atoms with Crippen LogP contribution in [0.5, 0.6) is 11.5 Å². The van der Waals surface area contributed by atoms with Crippen LogP contribution < -0.4 is 14.8 Å². The molecule has 3 aromatic rings. The van der Waals surface area contributed by atoms with E-state index in [-0.39, 0.29) is 11.9 Å². The number of likely N-dealkylation sites (N-methyl/N-ethyl adjacent to an activating group) is 1. The zero-order valence-electron chi connectivity index (χ0n) is 19.7. The number of aromatic nitrogens is 1. The van der Waals surface area contributed by atoms with Crippen molar-refractivity contribution in [3.05, 3.63) is 89.7 Å². The molecule has 1 unspecified atom stereocenters. The third kappa shape index (κ3) is 6.80. The molecule has 1 N–H and O–H groups in total. The van der Waals surface area contributed by atoms with E-state index in [4.69, 9.17) is 9.47 Å². The van der Waals surface area contributed by atoms with E-state index in [1.807, 2.05) is 37.3 Å². The summed E-state index contributed by atoms with van der Waals surface area (Å²) in [5, 5.41) is 3.11. The van der Waals surface area contributed by atoms with Crippen LogP contribution in [-0.2, 0) is 6.61 Å². The number of nitrogens with one attached hydrogen (secondary N) is 1. The van der Waals surface area contributed by atoms with Gasteiger partial charge in [0.25, 0.3) is 5.91 Å². The number of ether oxygens (including phenoxy) is 2. The van der Waals surface area contributed by atoms with Crippen molar-refractivity contribution in [2.24, 2.45) is 0 Å². The lowest BCUT2D eigenvalue weighted by molar-refractivity contribution is 0.0934.